The SMILES string of the molecule is CCCCCCN(CCCCCC)CCCCCCF. The van der Waals surface area contributed by atoms with Gasteiger partial charge in [0.25, 0.3) is 0 Å². The van der Waals surface area contributed by atoms with Crippen LogP contribution in [0.25, 0.3) is 0 Å². The van der Waals surface area contributed by atoms with Gasteiger partial charge in [0, 0.05) is 0 Å². The van der Waals surface area contributed by atoms with Gasteiger partial charge in [-0.2, -0.15) is 0 Å². The van der Waals surface area contributed by atoms with Gasteiger partial charge < -0.3 is 4.90 Å². The second-order valence-electron chi connectivity index (χ2n) is 6.07. The molecule has 0 aromatic rings. The zero-order chi connectivity index (χ0) is 14.9. The molecule has 0 aliphatic carbocycles. The Morgan fingerprint density at radius 2 is 0.950 bits per heavy atom. The summed E-state index contributed by atoms with van der Waals surface area (Å²) < 4.78 is 12.0. The molecule has 20 heavy (non-hydrogen) atoms. The molecule has 0 atom stereocenters. The van der Waals surface area contributed by atoms with E-state index in [0.717, 1.165) is 12.8 Å². The topological polar surface area (TPSA) is 3.24 Å². The van der Waals surface area contributed by atoms with Gasteiger partial charge in [-0.25, -0.2) is 0 Å². The van der Waals surface area contributed by atoms with Gasteiger partial charge in [-0.05, 0) is 45.3 Å². The van der Waals surface area contributed by atoms with Gasteiger partial charge in [0.05, 0.1) is 6.67 Å². The van der Waals surface area contributed by atoms with Crippen molar-refractivity contribution in [3.63, 3.8) is 0 Å². The minimum atomic E-state index is -0.141. The standard InChI is InChI=1S/C18H38FN/c1-3-5-7-12-16-20(17-13-8-6-4-2)18-14-10-9-11-15-19/h3-18H2,1-2H3. The summed E-state index contributed by atoms with van der Waals surface area (Å²) in [6, 6.07) is 0. The molecule has 2 heteroatoms. The molecule has 0 spiro atoms. The maximum Gasteiger partial charge on any atom is 0.0894 e. The first-order valence-electron chi connectivity index (χ1n) is 9.13. The number of halogens is 1. The molecule has 0 fully saturated rings. The highest BCUT2D eigenvalue weighted by atomic mass is 19.1. The predicted octanol–water partition coefficient (Wildman–Crippen LogP) is 5.98. The Labute approximate surface area is 127 Å². The summed E-state index contributed by atoms with van der Waals surface area (Å²) in [5.74, 6) is 0. The van der Waals surface area contributed by atoms with E-state index in [4.69, 9.17) is 0 Å². The molecule has 0 aromatic heterocycles. The number of hydrogen-bond acceptors (Lipinski definition) is 1. The number of rotatable bonds is 16. The molecular weight excluding hydrogens is 249 g/mol. The molecule has 0 N–H and O–H groups in total. The molecule has 0 amide bonds. The summed E-state index contributed by atoms with van der Waals surface area (Å²) >= 11 is 0. The van der Waals surface area contributed by atoms with Crippen molar-refractivity contribution in [2.75, 3.05) is 26.3 Å². The first-order valence-corrected chi connectivity index (χ1v) is 9.13. The number of alkyl halides is 1. The van der Waals surface area contributed by atoms with Crippen molar-refractivity contribution in [3.05, 3.63) is 0 Å². The average Bonchev–Trinajstić information content (AvgIpc) is 2.47. The number of hydrogen-bond donors (Lipinski definition) is 0. The molecule has 122 valence electrons. The third kappa shape index (κ3) is 14.3. The highest BCUT2D eigenvalue weighted by Gasteiger charge is 2.04. The van der Waals surface area contributed by atoms with Crippen LogP contribution in [0.1, 0.15) is 90.9 Å². The van der Waals surface area contributed by atoms with Crippen molar-refractivity contribution in [1.29, 1.82) is 0 Å². The predicted molar refractivity (Wildman–Crippen MR) is 89.2 cm³/mol. The van der Waals surface area contributed by atoms with Crippen LogP contribution < -0.4 is 0 Å². The summed E-state index contributed by atoms with van der Waals surface area (Å²) in [6.07, 6.45) is 15.1. The van der Waals surface area contributed by atoms with E-state index in [-0.39, 0.29) is 6.67 Å². The maximum absolute atomic E-state index is 12.0. The summed E-state index contributed by atoms with van der Waals surface area (Å²) in [7, 11) is 0. The highest BCUT2D eigenvalue weighted by Crippen LogP contribution is 2.08. The minimum absolute atomic E-state index is 0.141. The van der Waals surface area contributed by atoms with Gasteiger partial charge in [-0.3, -0.25) is 4.39 Å². The van der Waals surface area contributed by atoms with Crippen molar-refractivity contribution < 1.29 is 4.39 Å². The number of unbranched alkanes of at least 4 members (excludes halogenated alkanes) is 9. The Hall–Kier alpha value is -0.110. The fraction of sp³-hybridized carbons (Fsp3) is 1.00. The van der Waals surface area contributed by atoms with Crippen LogP contribution in [0.15, 0.2) is 0 Å². The lowest BCUT2D eigenvalue weighted by molar-refractivity contribution is 0.254. The van der Waals surface area contributed by atoms with Crippen molar-refractivity contribution in [1.82, 2.24) is 4.90 Å². The van der Waals surface area contributed by atoms with Crippen LogP contribution >= 0.6 is 0 Å². The molecule has 0 saturated heterocycles. The Morgan fingerprint density at radius 1 is 0.550 bits per heavy atom. The van der Waals surface area contributed by atoms with Crippen LogP contribution in [0.2, 0.25) is 0 Å². The fourth-order valence-corrected chi connectivity index (χ4v) is 2.64. The van der Waals surface area contributed by atoms with Crippen LogP contribution in [0.3, 0.4) is 0 Å². The lowest BCUT2D eigenvalue weighted by atomic mass is 10.1. The van der Waals surface area contributed by atoms with E-state index >= 15 is 0 Å². The quantitative estimate of drug-likeness (QED) is 0.316. The van der Waals surface area contributed by atoms with Crippen molar-refractivity contribution in [2.24, 2.45) is 0 Å². The third-order valence-corrected chi connectivity index (χ3v) is 4.01. The van der Waals surface area contributed by atoms with Gasteiger partial charge in [-0.15, -0.1) is 0 Å². The minimum Gasteiger partial charge on any atom is -0.303 e. The zero-order valence-corrected chi connectivity index (χ0v) is 14.1. The molecule has 1 nitrogen and oxygen atoms in total. The van der Waals surface area contributed by atoms with Crippen molar-refractivity contribution in [2.45, 2.75) is 90.9 Å². The van der Waals surface area contributed by atoms with Crippen LogP contribution in [0.5, 0.6) is 0 Å². The van der Waals surface area contributed by atoms with E-state index < -0.39 is 0 Å². The molecule has 0 rings (SSSR count). The van der Waals surface area contributed by atoms with Crippen molar-refractivity contribution in [3.8, 4) is 0 Å². The second-order valence-corrected chi connectivity index (χ2v) is 6.07. The lowest BCUT2D eigenvalue weighted by Crippen LogP contribution is -2.27. The molecule has 0 bridgehead atoms. The first kappa shape index (κ1) is 19.9. The summed E-state index contributed by atoms with van der Waals surface area (Å²) in [4.78, 5) is 2.65. The van der Waals surface area contributed by atoms with E-state index in [2.05, 4.69) is 18.7 Å². The lowest BCUT2D eigenvalue weighted by Gasteiger charge is -2.22. The summed E-state index contributed by atoms with van der Waals surface area (Å²) in [6.45, 7) is 8.17. The van der Waals surface area contributed by atoms with Crippen LogP contribution in [-0.4, -0.2) is 31.2 Å². The molecule has 0 aliphatic heterocycles. The largest absolute Gasteiger partial charge is 0.303 e. The molecule has 0 saturated carbocycles. The van der Waals surface area contributed by atoms with Crippen molar-refractivity contribution >= 4 is 0 Å². The van der Waals surface area contributed by atoms with Gasteiger partial charge in [0.1, 0.15) is 0 Å². The van der Waals surface area contributed by atoms with Crippen LogP contribution in [-0.2, 0) is 0 Å². The van der Waals surface area contributed by atoms with Gasteiger partial charge in [0.2, 0.25) is 0 Å². The van der Waals surface area contributed by atoms with Gasteiger partial charge >= 0.3 is 0 Å². The first-order chi connectivity index (χ1) is 9.85. The molecule has 0 unspecified atom stereocenters. The number of nitrogens with zero attached hydrogens (tertiary/aromatic N) is 1. The Kier molecular flexibility index (Phi) is 16.8. The molecule has 0 radical (unpaired) electrons. The third-order valence-electron chi connectivity index (χ3n) is 4.01. The fourth-order valence-electron chi connectivity index (χ4n) is 2.64. The van der Waals surface area contributed by atoms with E-state index in [1.54, 1.807) is 0 Å². The van der Waals surface area contributed by atoms with Crippen LogP contribution in [0, 0.1) is 0 Å². The molecule has 0 aliphatic rings. The average molecular weight is 288 g/mol. The van der Waals surface area contributed by atoms with Crippen LogP contribution in [0.4, 0.5) is 4.39 Å². The Morgan fingerprint density at radius 3 is 1.35 bits per heavy atom. The van der Waals surface area contributed by atoms with E-state index in [1.807, 2.05) is 0 Å². The van der Waals surface area contributed by atoms with E-state index in [0.29, 0.717) is 0 Å². The monoisotopic (exact) mass is 287 g/mol. The molecular formula is C18H38FN. The van der Waals surface area contributed by atoms with Gasteiger partial charge in [-0.1, -0.05) is 65.2 Å². The molecule has 0 aromatic carbocycles. The zero-order valence-electron chi connectivity index (χ0n) is 14.1. The summed E-state index contributed by atoms with van der Waals surface area (Å²) in [5.41, 5.74) is 0. The normalized spacial score (nSPS) is 11.4. The second kappa shape index (κ2) is 16.9. The van der Waals surface area contributed by atoms with E-state index in [1.165, 1.54) is 83.8 Å². The Balaban J connectivity index is 3.67. The molecule has 0 heterocycles. The summed E-state index contributed by atoms with van der Waals surface area (Å²) in [5, 5.41) is 0. The van der Waals surface area contributed by atoms with Gasteiger partial charge in [0.15, 0.2) is 0 Å². The Bertz CT molecular complexity index is 161. The smallest absolute Gasteiger partial charge is 0.0894 e. The maximum atomic E-state index is 12.0. The van der Waals surface area contributed by atoms with E-state index in [9.17, 15) is 4.39 Å². The highest BCUT2D eigenvalue weighted by molar-refractivity contribution is 4.59.